The first-order valence-corrected chi connectivity index (χ1v) is 9.89. The van der Waals surface area contributed by atoms with E-state index in [0.29, 0.717) is 35.9 Å². The molecule has 0 radical (unpaired) electrons. The monoisotopic (exact) mass is 376 g/mol. The SMILES string of the molecule is CCS(=O)(=O)Nc1ccc(C(=O)NC[C@@H]2COc3ccccc3O2)cc1. The van der Waals surface area contributed by atoms with E-state index in [1.165, 1.54) is 0 Å². The lowest BCUT2D eigenvalue weighted by atomic mass is 10.2. The van der Waals surface area contributed by atoms with Gasteiger partial charge in [0.2, 0.25) is 10.0 Å². The van der Waals surface area contributed by atoms with Crippen molar-refractivity contribution in [3.8, 4) is 11.5 Å². The second-order valence-electron chi connectivity index (χ2n) is 5.79. The number of hydrogen-bond acceptors (Lipinski definition) is 5. The van der Waals surface area contributed by atoms with Crippen LogP contribution in [0.3, 0.4) is 0 Å². The van der Waals surface area contributed by atoms with Gasteiger partial charge in [0.15, 0.2) is 11.5 Å². The van der Waals surface area contributed by atoms with Gasteiger partial charge in [0.25, 0.3) is 5.91 Å². The number of nitrogens with one attached hydrogen (secondary N) is 2. The average Bonchev–Trinajstić information content (AvgIpc) is 2.66. The van der Waals surface area contributed by atoms with Crippen LogP contribution in [0.1, 0.15) is 17.3 Å². The van der Waals surface area contributed by atoms with Crippen LogP contribution in [0.4, 0.5) is 5.69 Å². The minimum atomic E-state index is -3.34. The van der Waals surface area contributed by atoms with E-state index in [1.807, 2.05) is 24.3 Å². The summed E-state index contributed by atoms with van der Waals surface area (Å²) in [5.41, 5.74) is 0.852. The van der Waals surface area contributed by atoms with E-state index in [4.69, 9.17) is 9.47 Å². The zero-order valence-electron chi connectivity index (χ0n) is 14.3. The van der Waals surface area contributed by atoms with Crippen molar-refractivity contribution in [1.82, 2.24) is 5.32 Å². The van der Waals surface area contributed by atoms with Gasteiger partial charge in [0.05, 0.1) is 12.3 Å². The smallest absolute Gasteiger partial charge is 0.251 e. The maximum absolute atomic E-state index is 12.2. The van der Waals surface area contributed by atoms with Gasteiger partial charge in [0.1, 0.15) is 12.7 Å². The van der Waals surface area contributed by atoms with Gasteiger partial charge in [0, 0.05) is 11.3 Å². The van der Waals surface area contributed by atoms with E-state index in [9.17, 15) is 13.2 Å². The number of ether oxygens (including phenoxy) is 2. The van der Waals surface area contributed by atoms with Crippen molar-refractivity contribution in [3.05, 3.63) is 54.1 Å². The molecule has 0 spiro atoms. The fourth-order valence-corrected chi connectivity index (χ4v) is 3.05. The second kappa shape index (κ2) is 7.65. The van der Waals surface area contributed by atoms with Crippen LogP contribution in [0.25, 0.3) is 0 Å². The second-order valence-corrected chi connectivity index (χ2v) is 7.80. The van der Waals surface area contributed by atoms with Crippen molar-refractivity contribution in [2.24, 2.45) is 0 Å². The Morgan fingerprint density at radius 2 is 1.81 bits per heavy atom. The first kappa shape index (κ1) is 18.1. The molecule has 26 heavy (non-hydrogen) atoms. The lowest BCUT2D eigenvalue weighted by molar-refractivity contribution is 0.0789. The molecule has 3 rings (SSSR count). The van der Waals surface area contributed by atoms with Gasteiger partial charge in [-0.2, -0.15) is 0 Å². The molecule has 0 fully saturated rings. The summed E-state index contributed by atoms with van der Waals surface area (Å²) in [7, 11) is -3.34. The van der Waals surface area contributed by atoms with Gasteiger partial charge in [-0.05, 0) is 43.3 Å². The van der Waals surface area contributed by atoms with Gasteiger partial charge in [-0.25, -0.2) is 8.42 Å². The van der Waals surface area contributed by atoms with E-state index in [-0.39, 0.29) is 17.8 Å². The first-order chi connectivity index (χ1) is 12.5. The van der Waals surface area contributed by atoms with Crippen molar-refractivity contribution in [2.45, 2.75) is 13.0 Å². The zero-order valence-corrected chi connectivity index (χ0v) is 15.1. The van der Waals surface area contributed by atoms with E-state index >= 15 is 0 Å². The number of amides is 1. The maximum Gasteiger partial charge on any atom is 0.251 e. The predicted octanol–water partition coefficient (Wildman–Crippen LogP) is 2.02. The van der Waals surface area contributed by atoms with Gasteiger partial charge in [-0.15, -0.1) is 0 Å². The minimum Gasteiger partial charge on any atom is -0.486 e. The molecule has 8 heteroatoms. The summed E-state index contributed by atoms with van der Waals surface area (Å²) in [6.45, 7) is 2.21. The highest BCUT2D eigenvalue weighted by Gasteiger charge is 2.21. The predicted molar refractivity (Wildman–Crippen MR) is 98.2 cm³/mol. The van der Waals surface area contributed by atoms with E-state index in [2.05, 4.69) is 10.0 Å². The van der Waals surface area contributed by atoms with Gasteiger partial charge < -0.3 is 14.8 Å². The van der Waals surface area contributed by atoms with Gasteiger partial charge in [-0.3, -0.25) is 9.52 Å². The van der Waals surface area contributed by atoms with Crippen molar-refractivity contribution in [2.75, 3.05) is 23.6 Å². The minimum absolute atomic E-state index is 0.0121. The summed E-state index contributed by atoms with van der Waals surface area (Å²) in [6.07, 6.45) is -0.274. The van der Waals surface area contributed by atoms with E-state index in [0.717, 1.165) is 0 Å². The van der Waals surface area contributed by atoms with Crippen LogP contribution < -0.4 is 19.5 Å². The Labute approximate surface area is 152 Å². The molecular formula is C18H20N2O5S. The summed E-state index contributed by atoms with van der Waals surface area (Å²) in [4.78, 5) is 12.2. The normalized spacial score (nSPS) is 16.0. The van der Waals surface area contributed by atoms with Crippen molar-refractivity contribution in [3.63, 3.8) is 0 Å². The summed E-state index contributed by atoms with van der Waals surface area (Å²) in [5.74, 6) is 1.07. The Morgan fingerprint density at radius 3 is 2.50 bits per heavy atom. The molecule has 2 N–H and O–H groups in total. The molecule has 0 saturated heterocycles. The number of anilines is 1. The summed E-state index contributed by atoms with van der Waals surface area (Å²) in [5, 5.41) is 2.80. The lowest BCUT2D eigenvalue weighted by Crippen LogP contribution is -2.40. The molecule has 1 amide bonds. The molecular weight excluding hydrogens is 356 g/mol. The largest absolute Gasteiger partial charge is 0.486 e. The van der Waals surface area contributed by atoms with Crippen LogP contribution in [0.5, 0.6) is 11.5 Å². The Bertz CT molecular complexity index is 881. The third-order valence-corrected chi connectivity index (χ3v) is 5.17. The number of rotatable bonds is 6. The fourth-order valence-electron chi connectivity index (χ4n) is 2.41. The van der Waals surface area contributed by atoms with Gasteiger partial charge >= 0.3 is 0 Å². The molecule has 0 aliphatic carbocycles. The maximum atomic E-state index is 12.2. The summed E-state index contributed by atoms with van der Waals surface area (Å²) in [6, 6.07) is 13.6. The number of carbonyl (C=O) groups excluding carboxylic acids is 1. The third kappa shape index (κ3) is 4.45. The highest BCUT2D eigenvalue weighted by molar-refractivity contribution is 7.92. The first-order valence-electron chi connectivity index (χ1n) is 8.24. The standard InChI is InChI=1S/C18H20N2O5S/c1-2-26(22,23)20-14-9-7-13(8-10-14)18(21)19-11-15-12-24-16-5-3-4-6-17(16)25-15/h3-10,15,20H,2,11-12H2,1H3,(H,19,21)/t15-/m1/s1. The lowest BCUT2D eigenvalue weighted by Gasteiger charge is -2.26. The number of hydrogen-bond donors (Lipinski definition) is 2. The topological polar surface area (TPSA) is 93.7 Å². The van der Waals surface area contributed by atoms with Crippen molar-refractivity contribution in [1.29, 1.82) is 0 Å². The van der Waals surface area contributed by atoms with Crippen LogP contribution in [-0.4, -0.2) is 39.3 Å². The highest BCUT2D eigenvalue weighted by Crippen LogP contribution is 2.30. The van der Waals surface area contributed by atoms with Gasteiger partial charge in [-0.1, -0.05) is 12.1 Å². The fraction of sp³-hybridized carbons (Fsp3) is 0.278. The molecule has 1 aliphatic rings. The highest BCUT2D eigenvalue weighted by atomic mass is 32.2. The number of sulfonamides is 1. The Morgan fingerprint density at radius 1 is 1.12 bits per heavy atom. The van der Waals surface area contributed by atoms with Crippen LogP contribution in [0, 0.1) is 0 Å². The number of benzene rings is 2. The van der Waals surface area contributed by atoms with E-state index in [1.54, 1.807) is 31.2 Å². The zero-order chi connectivity index (χ0) is 18.6. The van der Waals surface area contributed by atoms with Crippen LogP contribution in [-0.2, 0) is 10.0 Å². The van der Waals surface area contributed by atoms with Crippen LogP contribution in [0.2, 0.25) is 0 Å². The molecule has 138 valence electrons. The van der Waals surface area contributed by atoms with Crippen molar-refractivity contribution < 1.29 is 22.7 Å². The molecule has 0 aromatic heterocycles. The summed E-state index contributed by atoms with van der Waals surface area (Å²) < 4.78 is 36.9. The summed E-state index contributed by atoms with van der Waals surface area (Å²) >= 11 is 0. The molecule has 1 atom stereocenters. The molecule has 0 unspecified atom stereocenters. The third-order valence-electron chi connectivity index (χ3n) is 3.86. The molecule has 0 bridgehead atoms. The quantitative estimate of drug-likeness (QED) is 0.804. The Kier molecular flexibility index (Phi) is 5.32. The molecule has 2 aromatic rings. The average molecular weight is 376 g/mol. The molecule has 7 nitrogen and oxygen atoms in total. The number of carbonyl (C=O) groups is 1. The number of para-hydroxylation sites is 2. The van der Waals surface area contributed by atoms with E-state index < -0.39 is 10.0 Å². The van der Waals surface area contributed by atoms with Crippen molar-refractivity contribution >= 4 is 21.6 Å². The molecule has 2 aromatic carbocycles. The molecule has 0 saturated carbocycles. The Balaban J connectivity index is 1.54. The van der Waals surface area contributed by atoms with Crippen LogP contribution >= 0.6 is 0 Å². The molecule has 1 aliphatic heterocycles. The molecule has 1 heterocycles. The Hall–Kier alpha value is -2.74. The number of fused-ring (bicyclic) bond motifs is 1. The van der Waals surface area contributed by atoms with Crippen LogP contribution in [0.15, 0.2) is 48.5 Å².